The van der Waals surface area contributed by atoms with Crippen LogP contribution in [-0.2, 0) is 34.3 Å². The molecule has 0 spiro atoms. The topological polar surface area (TPSA) is 139 Å². The minimum absolute atomic E-state index is 0.00707. The Morgan fingerprint density at radius 2 is 1.82 bits per heavy atom. The number of fused-ring (bicyclic) bond motifs is 1. The number of amides is 1. The van der Waals surface area contributed by atoms with Crippen molar-refractivity contribution >= 4 is 26.8 Å². The second kappa shape index (κ2) is 17.4. The maximum absolute atomic E-state index is 14.4. The third-order valence-electron chi connectivity index (χ3n) is 11.6. The summed E-state index contributed by atoms with van der Waals surface area (Å²) in [6.07, 6.45) is 5.76. The zero-order valence-electron chi connectivity index (χ0n) is 33.3. The molecule has 300 valence electrons. The maximum atomic E-state index is 14.4. The molecule has 2 aromatic carbocycles. The number of imidazole rings is 1. The Labute approximate surface area is 330 Å². The molecule has 13 heteroatoms. The van der Waals surface area contributed by atoms with E-state index >= 15 is 0 Å². The number of halogens is 1. The van der Waals surface area contributed by atoms with E-state index in [1.807, 2.05) is 34.9 Å². The number of likely N-dealkylation sites (tertiary alicyclic amines) is 1. The van der Waals surface area contributed by atoms with Crippen LogP contribution in [0.15, 0.2) is 54.6 Å². The Kier molecular flexibility index (Phi) is 12.8. The largest absolute Gasteiger partial charge is 0.473 e. The van der Waals surface area contributed by atoms with Gasteiger partial charge in [-0.1, -0.05) is 32.4 Å². The first-order chi connectivity index (χ1) is 26.7. The summed E-state index contributed by atoms with van der Waals surface area (Å²) in [7, 11) is -3.16. The summed E-state index contributed by atoms with van der Waals surface area (Å²) in [4.78, 5) is 25.8. The number of nitrogens with zero attached hydrogens (tertiary/aromatic N) is 5. The zero-order valence-corrected chi connectivity index (χ0v) is 34.1. The standard InChI is InChI=1S/C43H55FN6O5S/c1-6-18-42(3,4)55-22-19-43(5,7-2)48-41(51)32-13-14-37-38(25-32)50(27-34-17-23-56(34,52)53)39(46-37)28-49-20-15-31(16-21-49)36-9-8-10-40(47-36)54-29-33-12-11-30(26-45)24-35(33)44/h8-14,24-25,31,34H,6-7,15-23,27-29H2,1-5H3,(H,48,51)/t34-,43?/m1/s1. The number of carbonyl (C=O) groups excluding carboxylic acids is 1. The van der Waals surface area contributed by atoms with Gasteiger partial charge in [-0.05, 0) is 109 Å². The Bertz CT molecular complexity index is 2170. The van der Waals surface area contributed by atoms with Crippen LogP contribution in [0.5, 0.6) is 5.88 Å². The Balaban J connectivity index is 1.12. The molecule has 0 radical (unpaired) electrons. The summed E-state index contributed by atoms with van der Waals surface area (Å²) in [5.74, 6) is 0.946. The Hall–Kier alpha value is -4.38. The van der Waals surface area contributed by atoms with E-state index in [9.17, 15) is 17.6 Å². The summed E-state index contributed by atoms with van der Waals surface area (Å²) in [5.41, 5.74) is 2.86. The number of hydrogen-bond acceptors (Lipinski definition) is 9. The Morgan fingerprint density at radius 3 is 2.48 bits per heavy atom. The van der Waals surface area contributed by atoms with Gasteiger partial charge < -0.3 is 19.4 Å². The molecule has 2 aromatic heterocycles. The van der Waals surface area contributed by atoms with Crippen LogP contribution in [0.2, 0.25) is 0 Å². The lowest BCUT2D eigenvalue weighted by Gasteiger charge is -2.32. The molecule has 2 fully saturated rings. The fourth-order valence-electron chi connectivity index (χ4n) is 7.64. The summed E-state index contributed by atoms with van der Waals surface area (Å²) in [6, 6.07) is 17.4. The molecular formula is C43H55FN6O5S. The van der Waals surface area contributed by atoms with Gasteiger partial charge in [0.05, 0.1) is 45.8 Å². The van der Waals surface area contributed by atoms with E-state index in [-0.39, 0.29) is 35.3 Å². The first-order valence-corrected chi connectivity index (χ1v) is 21.6. The van der Waals surface area contributed by atoms with Crippen molar-refractivity contribution in [1.82, 2.24) is 24.8 Å². The molecule has 0 saturated carbocycles. The number of hydrogen-bond donors (Lipinski definition) is 1. The van der Waals surface area contributed by atoms with Crippen LogP contribution in [0, 0.1) is 17.1 Å². The Morgan fingerprint density at radius 1 is 1.04 bits per heavy atom. The highest BCUT2D eigenvalue weighted by atomic mass is 32.2. The molecule has 0 bridgehead atoms. The van der Waals surface area contributed by atoms with E-state index in [1.165, 1.54) is 6.07 Å². The van der Waals surface area contributed by atoms with Crippen LogP contribution in [0.3, 0.4) is 0 Å². The van der Waals surface area contributed by atoms with E-state index in [0.29, 0.717) is 49.5 Å². The molecule has 56 heavy (non-hydrogen) atoms. The van der Waals surface area contributed by atoms with E-state index < -0.39 is 26.4 Å². The number of sulfone groups is 1. The normalized spacial score (nSPS) is 18.6. The zero-order chi connectivity index (χ0) is 40.1. The van der Waals surface area contributed by atoms with Crippen molar-refractivity contribution in [2.45, 2.75) is 122 Å². The van der Waals surface area contributed by atoms with Crippen molar-refractivity contribution in [3.63, 3.8) is 0 Å². The number of piperidine rings is 1. The second-order valence-corrected chi connectivity index (χ2v) is 18.7. The summed E-state index contributed by atoms with van der Waals surface area (Å²) >= 11 is 0. The molecule has 1 N–H and O–H groups in total. The first kappa shape index (κ1) is 41.3. The third kappa shape index (κ3) is 9.94. The number of aromatic nitrogens is 3. The number of carbonyl (C=O) groups is 1. The van der Waals surface area contributed by atoms with E-state index in [0.717, 1.165) is 67.7 Å². The van der Waals surface area contributed by atoms with Crippen LogP contribution in [0.4, 0.5) is 4.39 Å². The molecule has 4 aromatic rings. The van der Waals surface area contributed by atoms with E-state index in [1.54, 1.807) is 24.3 Å². The van der Waals surface area contributed by atoms with Gasteiger partial charge in [-0.3, -0.25) is 9.69 Å². The number of nitrogens with one attached hydrogen (secondary N) is 1. The van der Waals surface area contributed by atoms with Gasteiger partial charge in [0.2, 0.25) is 5.88 Å². The van der Waals surface area contributed by atoms with Crippen molar-refractivity contribution in [3.8, 4) is 11.9 Å². The number of nitriles is 1. The molecule has 1 unspecified atom stereocenters. The number of benzene rings is 2. The van der Waals surface area contributed by atoms with Gasteiger partial charge in [0, 0.05) is 47.5 Å². The van der Waals surface area contributed by atoms with Gasteiger partial charge in [0.1, 0.15) is 18.2 Å². The summed E-state index contributed by atoms with van der Waals surface area (Å²) in [6.45, 7) is 13.4. The molecule has 2 atom stereocenters. The lowest BCUT2D eigenvalue weighted by Crippen LogP contribution is -2.46. The lowest BCUT2D eigenvalue weighted by atomic mass is 9.93. The molecule has 1 amide bonds. The minimum Gasteiger partial charge on any atom is -0.473 e. The highest BCUT2D eigenvalue weighted by molar-refractivity contribution is 7.93. The van der Waals surface area contributed by atoms with Crippen molar-refractivity contribution in [3.05, 3.63) is 88.6 Å². The number of ether oxygens (including phenoxy) is 2. The average molecular weight is 787 g/mol. The average Bonchev–Trinajstić information content (AvgIpc) is 3.51. The fourth-order valence-corrected chi connectivity index (χ4v) is 8.97. The van der Waals surface area contributed by atoms with Gasteiger partial charge in [-0.15, -0.1) is 0 Å². The van der Waals surface area contributed by atoms with Gasteiger partial charge in [-0.2, -0.15) is 5.26 Å². The molecule has 4 heterocycles. The third-order valence-corrected chi connectivity index (χ3v) is 13.8. The highest BCUT2D eigenvalue weighted by Crippen LogP contribution is 2.31. The molecule has 2 aliphatic heterocycles. The van der Waals surface area contributed by atoms with Gasteiger partial charge in [0.25, 0.3) is 5.91 Å². The second-order valence-electron chi connectivity index (χ2n) is 16.3. The molecule has 0 aliphatic carbocycles. The lowest BCUT2D eigenvalue weighted by molar-refractivity contribution is -0.0319. The molecule has 6 rings (SSSR count). The maximum Gasteiger partial charge on any atom is 0.251 e. The van der Waals surface area contributed by atoms with Crippen LogP contribution in [0.1, 0.15) is 118 Å². The predicted molar refractivity (Wildman–Crippen MR) is 215 cm³/mol. The fraction of sp³-hybridized carbons (Fsp3) is 0.535. The van der Waals surface area contributed by atoms with E-state index in [4.69, 9.17) is 24.7 Å². The van der Waals surface area contributed by atoms with Crippen molar-refractivity contribution in [2.24, 2.45) is 0 Å². The molecular weight excluding hydrogens is 732 g/mol. The molecule has 2 aliphatic rings. The van der Waals surface area contributed by atoms with Gasteiger partial charge >= 0.3 is 0 Å². The molecule has 11 nitrogen and oxygen atoms in total. The number of pyridine rings is 1. The van der Waals surface area contributed by atoms with Crippen LogP contribution < -0.4 is 10.1 Å². The monoisotopic (exact) mass is 786 g/mol. The van der Waals surface area contributed by atoms with Crippen molar-refractivity contribution in [1.29, 1.82) is 5.26 Å². The quantitative estimate of drug-likeness (QED) is 0.116. The summed E-state index contributed by atoms with van der Waals surface area (Å²) in [5, 5.41) is 11.8. The number of rotatable bonds is 17. The van der Waals surface area contributed by atoms with Crippen LogP contribution in [0.25, 0.3) is 11.0 Å². The smallest absolute Gasteiger partial charge is 0.251 e. The molecule has 2 saturated heterocycles. The van der Waals surface area contributed by atoms with Crippen LogP contribution >= 0.6 is 0 Å². The minimum atomic E-state index is -3.16. The SMILES string of the molecule is CCCC(C)(C)OCCC(C)(CC)NC(=O)c1ccc2nc(CN3CCC(c4cccc(OCc5ccc(C#N)cc5F)n4)CC3)n(C[C@H]3CCS3(=O)=O)c2c1. The van der Waals surface area contributed by atoms with Gasteiger partial charge in [-0.25, -0.2) is 22.8 Å². The summed E-state index contributed by atoms with van der Waals surface area (Å²) < 4.78 is 53.9. The van der Waals surface area contributed by atoms with Crippen LogP contribution in [-0.4, -0.2) is 75.6 Å². The van der Waals surface area contributed by atoms with Crippen molar-refractivity contribution < 1.29 is 27.1 Å². The first-order valence-electron chi connectivity index (χ1n) is 19.9. The van der Waals surface area contributed by atoms with Gasteiger partial charge in [0.15, 0.2) is 9.84 Å². The highest BCUT2D eigenvalue weighted by Gasteiger charge is 2.37. The van der Waals surface area contributed by atoms with E-state index in [2.05, 4.69) is 44.8 Å². The van der Waals surface area contributed by atoms with Crippen molar-refractivity contribution in [2.75, 3.05) is 25.4 Å². The predicted octanol–water partition coefficient (Wildman–Crippen LogP) is 7.47.